The van der Waals surface area contributed by atoms with Crippen LogP contribution in [0.3, 0.4) is 0 Å². The topological polar surface area (TPSA) is 28.5 Å². The number of benzene rings is 1. The third-order valence-corrected chi connectivity index (χ3v) is 4.62. The lowest BCUT2D eigenvalue weighted by Crippen LogP contribution is -2.51. The molecule has 0 radical (unpaired) electrons. The molecule has 4 nitrogen and oxygen atoms in total. The second-order valence-electron chi connectivity index (χ2n) is 6.24. The van der Waals surface area contributed by atoms with Crippen molar-refractivity contribution in [1.82, 2.24) is 9.58 Å². The summed E-state index contributed by atoms with van der Waals surface area (Å²) in [6.45, 7) is 4.87. The summed E-state index contributed by atoms with van der Waals surface area (Å²) in [5, 5.41) is 1.90. The first kappa shape index (κ1) is 15.8. The van der Waals surface area contributed by atoms with Crippen LogP contribution in [0.1, 0.15) is 25.3 Å². The lowest BCUT2D eigenvalue weighted by atomic mass is 10.0. The molecular weight excluding hydrogens is 286 g/mol. The highest BCUT2D eigenvalue weighted by molar-refractivity contribution is 5.84. The molecule has 1 saturated heterocycles. The van der Waals surface area contributed by atoms with E-state index in [1.807, 2.05) is 34.2 Å². The van der Waals surface area contributed by atoms with Gasteiger partial charge in [-0.2, -0.15) is 0 Å². The van der Waals surface area contributed by atoms with Gasteiger partial charge in [-0.1, -0.05) is 30.3 Å². The number of carbonyl (C=O) groups excluding carboxylic acids is 1. The Kier molecular flexibility index (Phi) is 5.13. The fourth-order valence-corrected chi connectivity index (χ4v) is 3.40. The fourth-order valence-electron chi connectivity index (χ4n) is 3.40. The predicted molar refractivity (Wildman–Crippen MR) is 92.9 cm³/mol. The molecule has 122 valence electrons. The number of amides is 1. The van der Waals surface area contributed by atoms with Gasteiger partial charge in [-0.3, -0.25) is 9.47 Å². The van der Waals surface area contributed by atoms with Gasteiger partial charge in [0.15, 0.2) is 0 Å². The van der Waals surface area contributed by atoms with Crippen molar-refractivity contribution >= 4 is 5.91 Å². The van der Waals surface area contributed by atoms with Crippen molar-refractivity contribution < 1.29 is 4.79 Å². The lowest BCUT2D eigenvalue weighted by Gasteiger charge is -2.38. The summed E-state index contributed by atoms with van der Waals surface area (Å²) >= 11 is 0. The molecule has 0 atom stereocenters. The van der Waals surface area contributed by atoms with E-state index in [-0.39, 0.29) is 5.91 Å². The Balaban J connectivity index is 1.52. The third kappa shape index (κ3) is 4.02. The highest BCUT2D eigenvalue weighted by atomic mass is 16.2. The van der Waals surface area contributed by atoms with Crippen LogP contribution in [0, 0.1) is 0 Å². The smallest absolute Gasteiger partial charge is 0.238 e. The van der Waals surface area contributed by atoms with E-state index in [9.17, 15) is 4.79 Å². The van der Waals surface area contributed by atoms with Gasteiger partial charge in [-0.05, 0) is 37.0 Å². The number of hydrogen-bond donors (Lipinski definition) is 0. The molecule has 0 bridgehead atoms. The van der Waals surface area contributed by atoms with Crippen molar-refractivity contribution in [2.75, 3.05) is 24.6 Å². The highest BCUT2D eigenvalue weighted by Gasteiger charge is 2.27. The molecule has 0 unspecified atom stereocenters. The second-order valence-corrected chi connectivity index (χ2v) is 6.24. The van der Waals surface area contributed by atoms with Gasteiger partial charge in [-0.15, -0.1) is 0 Å². The van der Waals surface area contributed by atoms with Crippen LogP contribution in [-0.2, 0) is 11.2 Å². The van der Waals surface area contributed by atoms with Crippen LogP contribution >= 0.6 is 0 Å². The third-order valence-electron chi connectivity index (χ3n) is 4.62. The minimum absolute atomic E-state index is 0.115. The molecule has 0 aliphatic carbocycles. The zero-order valence-electron chi connectivity index (χ0n) is 13.8. The van der Waals surface area contributed by atoms with E-state index in [0.717, 1.165) is 38.9 Å². The molecule has 0 spiro atoms. The van der Waals surface area contributed by atoms with Crippen LogP contribution in [0.15, 0.2) is 54.9 Å². The Morgan fingerprint density at radius 3 is 2.35 bits per heavy atom. The van der Waals surface area contributed by atoms with Gasteiger partial charge >= 0.3 is 0 Å². The maximum Gasteiger partial charge on any atom is 0.238 e. The van der Waals surface area contributed by atoms with Gasteiger partial charge in [0.05, 0.1) is 6.04 Å². The van der Waals surface area contributed by atoms with Gasteiger partial charge in [0.1, 0.15) is 0 Å². The van der Waals surface area contributed by atoms with Crippen molar-refractivity contribution in [3.8, 4) is 0 Å². The normalized spacial score (nSPS) is 16.4. The summed E-state index contributed by atoms with van der Waals surface area (Å²) in [5.41, 5.74) is 1.40. The molecule has 0 N–H and O–H groups in total. The van der Waals surface area contributed by atoms with E-state index in [1.54, 1.807) is 6.92 Å². The molecule has 1 aromatic carbocycles. The predicted octanol–water partition coefficient (Wildman–Crippen LogP) is 2.68. The Bertz CT molecular complexity index is 601. The van der Waals surface area contributed by atoms with Gasteiger partial charge in [-0.25, -0.2) is 5.01 Å². The maximum absolute atomic E-state index is 12.0. The molecular formula is C19H25N3O. The standard InChI is InChI=1S/C19H25N3O/c1-17(23)22(21-12-5-6-13-21)19-10-15-20(16-11-19)14-9-18-7-3-2-4-8-18/h2-8,12-13,19H,9-11,14-16H2,1H3. The minimum Gasteiger partial charge on any atom is -0.303 e. The van der Waals surface area contributed by atoms with E-state index >= 15 is 0 Å². The molecule has 0 saturated carbocycles. The van der Waals surface area contributed by atoms with E-state index in [4.69, 9.17) is 0 Å². The summed E-state index contributed by atoms with van der Waals surface area (Å²) < 4.78 is 1.92. The molecule has 2 heterocycles. The average molecular weight is 311 g/mol. The Morgan fingerprint density at radius 2 is 1.74 bits per heavy atom. The first-order valence-electron chi connectivity index (χ1n) is 8.43. The van der Waals surface area contributed by atoms with E-state index in [1.165, 1.54) is 5.56 Å². The number of carbonyl (C=O) groups is 1. The summed E-state index contributed by atoms with van der Waals surface area (Å²) in [6, 6.07) is 14.9. The van der Waals surface area contributed by atoms with Gasteiger partial charge in [0, 0.05) is 39.0 Å². The summed E-state index contributed by atoms with van der Waals surface area (Å²) in [6.07, 6.45) is 7.06. The van der Waals surface area contributed by atoms with Crippen LogP contribution in [0.5, 0.6) is 0 Å². The number of likely N-dealkylation sites (tertiary alicyclic amines) is 1. The quantitative estimate of drug-likeness (QED) is 0.849. The molecule has 4 heteroatoms. The van der Waals surface area contributed by atoms with Crippen LogP contribution < -0.4 is 5.01 Å². The lowest BCUT2D eigenvalue weighted by molar-refractivity contribution is -0.119. The molecule has 3 rings (SSSR count). The van der Waals surface area contributed by atoms with Crippen LogP contribution in [0.4, 0.5) is 0 Å². The summed E-state index contributed by atoms with van der Waals surface area (Å²) in [5.74, 6) is 0.115. The Morgan fingerprint density at radius 1 is 1.09 bits per heavy atom. The number of aromatic nitrogens is 1. The maximum atomic E-state index is 12.0. The second kappa shape index (κ2) is 7.47. The van der Waals surface area contributed by atoms with Crippen LogP contribution in [0.25, 0.3) is 0 Å². The highest BCUT2D eigenvalue weighted by Crippen LogP contribution is 2.17. The van der Waals surface area contributed by atoms with Crippen molar-refractivity contribution in [3.05, 3.63) is 60.4 Å². The van der Waals surface area contributed by atoms with Crippen molar-refractivity contribution in [1.29, 1.82) is 0 Å². The molecule has 23 heavy (non-hydrogen) atoms. The summed E-state index contributed by atoms with van der Waals surface area (Å²) in [7, 11) is 0. The molecule has 1 amide bonds. The van der Waals surface area contributed by atoms with Gasteiger partial charge in [0.2, 0.25) is 5.91 Å². The van der Waals surface area contributed by atoms with Crippen LogP contribution in [0.2, 0.25) is 0 Å². The van der Waals surface area contributed by atoms with Crippen molar-refractivity contribution in [2.24, 2.45) is 0 Å². The zero-order valence-corrected chi connectivity index (χ0v) is 13.8. The van der Waals surface area contributed by atoms with Crippen molar-refractivity contribution in [2.45, 2.75) is 32.2 Å². The number of hydrogen-bond acceptors (Lipinski definition) is 2. The molecule has 2 aromatic rings. The number of rotatable bonds is 5. The van der Waals surface area contributed by atoms with Gasteiger partial charge in [0.25, 0.3) is 0 Å². The largest absolute Gasteiger partial charge is 0.303 e. The first-order chi connectivity index (χ1) is 11.2. The molecule has 1 aromatic heterocycles. The van der Waals surface area contributed by atoms with E-state index in [0.29, 0.717) is 6.04 Å². The SMILES string of the molecule is CC(=O)N(C1CCN(CCc2ccccc2)CC1)n1cccc1. The van der Waals surface area contributed by atoms with Gasteiger partial charge < -0.3 is 4.90 Å². The Hall–Kier alpha value is -2.07. The molecule has 1 fully saturated rings. The fraction of sp³-hybridized carbons (Fsp3) is 0.421. The zero-order chi connectivity index (χ0) is 16.1. The summed E-state index contributed by atoms with van der Waals surface area (Å²) in [4.78, 5) is 14.5. The van der Waals surface area contributed by atoms with Crippen LogP contribution in [-0.4, -0.2) is 41.2 Å². The van der Waals surface area contributed by atoms with E-state index < -0.39 is 0 Å². The van der Waals surface area contributed by atoms with E-state index in [2.05, 4.69) is 35.2 Å². The van der Waals surface area contributed by atoms with Crippen molar-refractivity contribution in [3.63, 3.8) is 0 Å². The molecule has 1 aliphatic rings. The number of nitrogens with zero attached hydrogens (tertiary/aromatic N) is 3. The Labute approximate surface area is 138 Å². The average Bonchev–Trinajstić information content (AvgIpc) is 3.09. The minimum atomic E-state index is 0.115. The number of piperidine rings is 1. The molecule has 1 aliphatic heterocycles. The first-order valence-corrected chi connectivity index (χ1v) is 8.43. The monoisotopic (exact) mass is 311 g/mol.